The van der Waals surface area contributed by atoms with E-state index in [0.717, 1.165) is 6.07 Å². The second kappa shape index (κ2) is 5.20. The van der Waals surface area contributed by atoms with Gasteiger partial charge in [-0.1, -0.05) is 0 Å². The molecule has 4 N–H and O–H groups in total. The maximum atomic E-state index is 11.7. The summed E-state index contributed by atoms with van der Waals surface area (Å²) in [5, 5.41) is 23.2. The van der Waals surface area contributed by atoms with E-state index in [1.165, 1.54) is 26.1 Å². The Morgan fingerprint density at radius 2 is 1.71 bits per heavy atom. The average Bonchev–Trinajstić information content (AvgIpc) is 2.26. The van der Waals surface area contributed by atoms with Crippen LogP contribution in [0, 0.1) is 0 Å². The van der Waals surface area contributed by atoms with Gasteiger partial charge in [-0.2, -0.15) is 0 Å². The molecule has 6 heteroatoms. The van der Waals surface area contributed by atoms with Gasteiger partial charge in [0.1, 0.15) is 17.5 Å². The van der Waals surface area contributed by atoms with E-state index in [9.17, 15) is 19.8 Å². The number of benzene rings is 1. The quantitative estimate of drug-likeness (QED) is 0.594. The summed E-state index contributed by atoms with van der Waals surface area (Å²) in [5.74, 6) is -1.32. The Balaban J connectivity index is 2.79. The SMILES string of the molecule is CNC(=O)C(C)NC(=O)c1cc(O)cc(O)c1. The van der Waals surface area contributed by atoms with Crippen molar-refractivity contribution in [2.75, 3.05) is 7.05 Å². The Morgan fingerprint density at radius 1 is 1.18 bits per heavy atom. The van der Waals surface area contributed by atoms with Gasteiger partial charge < -0.3 is 20.8 Å². The van der Waals surface area contributed by atoms with E-state index < -0.39 is 11.9 Å². The van der Waals surface area contributed by atoms with Gasteiger partial charge in [0.15, 0.2) is 0 Å². The summed E-state index contributed by atoms with van der Waals surface area (Å²) in [6.07, 6.45) is 0. The predicted molar refractivity (Wildman–Crippen MR) is 60.8 cm³/mol. The van der Waals surface area contributed by atoms with Crippen molar-refractivity contribution in [3.8, 4) is 11.5 Å². The molecule has 0 saturated carbocycles. The van der Waals surface area contributed by atoms with Gasteiger partial charge in [-0.15, -0.1) is 0 Å². The first-order valence-electron chi connectivity index (χ1n) is 4.99. The Labute approximate surface area is 98.3 Å². The van der Waals surface area contributed by atoms with Crippen molar-refractivity contribution < 1.29 is 19.8 Å². The van der Waals surface area contributed by atoms with E-state index in [0.29, 0.717) is 0 Å². The molecule has 1 aromatic rings. The normalized spacial score (nSPS) is 11.6. The topological polar surface area (TPSA) is 98.7 Å². The first-order chi connectivity index (χ1) is 7.93. The molecule has 0 fully saturated rings. The first kappa shape index (κ1) is 12.8. The lowest BCUT2D eigenvalue weighted by molar-refractivity contribution is -0.122. The van der Waals surface area contributed by atoms with Crippen LogP contribution in [0.4, 0.5) is 0 Å². The molecule has 0 saturated heterocycles. The highest BCUT2D eigenvalue weighted by atomic mass is 16.3. The highest BCUT2D eigenvalue weighted by Gasteiger charge is 2.16. The van der Waals surface area contributed by atoms with Gasteiger partial charge in [0.05, 0.1) is 0 Å². The van der Waals surface area contributed by atoms with E-state index in [1.54, 1.807) is 0 Å². The smallest absolute Gasteiger partial charge is 0.252 e. The summed E-state index contributed by atoms with van der Waals surface area (Å²) in [4.78, 5) is 22.9. The molecule has 17 heavy (non-hydrogen) atoms. The van der Waals surface area contributed by atoms with Crippen LogP contribution in [0.2, 0.25) is 0 Å². The van der Waals surface area contributed by atoms with E-state index in [1.807, 2.05) is 0 Å². The van der Waals surface area contributed by atoms with E-state index in [2.05, 4.69) is 10.6 Å². The number of likely N-dealkylation sites (N-methyl/N-ethyl adjacent to an activating group) is 1. The Kier molecular flexibility index (Phi) is 3.92. The number of carbonyl (C=O) groups is 2. The van der Waals surface area contributed by atoms with Crippen LogP contribution < -0.4 is 10.6 Å². The van der Waals surface area contributed by atoms with Crippen molar-refractivity contribution in [3.05, 3.63) is 23.8 Å². The van der Waals surface area contributed by atoms with Gasteiger partial charge in [0.25, 0.3) is 5.91 Å². The molecule has 0 aliphatic heterocycles. The number of hydrogen-bond donors (Lipinski definition) is 4. The summed E-state index contributed by atoms with van der Waals surface area (Å²) in [5.41, 5.74) is 0.0817. The third kappa shape index (κ3) is 3.37. The van der Waals surface area contributed by atoms with E-state index in [4.69, 9.17) is 0 Å². The maximum Gasteiger partial charge on any atom is 0.252 e. The van der Waals surface area contributed by atoms with Crippen LogP contribution >= 0.6 is 0 Å². The summed E-state index contributed by atoms with van der Waals surface area (Å²) in [6.45, 7) is 1.53. The van der Waals surface area contributed by atoms with Gasteiger partial charge >= 0.3 is 0 Å². The molecule has 2 amide bonds. The number of hydrogen-bond acceptors (Lipinski definition) is 4. The van der Waals surface area contributed by atoms with Gasteiger partial charge in [-0.25, -0.2) is 0 Å². The van der Waals surface area contributed by atoms with E-state index in [-0.39, 0.29) is 23.0 Å². The van der Waals surface area contributed by atoms with Crippen LogP contribution in [0.3, 0.4) is 0 Å². The number of rotatable bonds is 3. The molecule has 1 atom stereocenters. The van der Waals surface area contributed by atoms with Crippen molar-refractivity contribution in [2.24, 2.45) is 0 Å². The molecule has 0 aliphatic rings. The first-order valence-corrected chi connectivity index (χ1v) is 4.99. The molecular formula is C11H14N2O4. The van der Waals surface area contributed by atoms with Crippen LogP contribution in [-0.4, -0.2) is 35.1 Å². The fraction of sp³-hybridized carbons (Fsp3) is 0.273. The third-order valence-corrected chi connectivity index (χ3v) is 2.15. The Bertz CT molecular complexity index is 425. The maximum absolute atomic E-state index is 11.7. The highest BCUT2D eigenvalue weighted by molar-refractivity contribution is 5.98. The molecule has 0 heterocycles. The van der Waals surface area contributed by atoms with Crippen molar-refractivity contribution in [2.45, 2.75) is 13.0 Å². The molecule has 1 aromatic carbocycles. The molecular weight excluding hydrogens is 224 g/mol. The lowest BCUT2D eigenvalue weighted by Gasteiger charge is -2.12. The largest absolute Gasteiger partial charge is 0.508 e. The number of amides is 2. The van der Waals surface area contributed by atoms with Crippen LogP contribution in [0.5, 0.6) is 11.5 Å². The van der Waals surface area contributed by atoms with Crippen molar-refractivity contribution in [1.82, 2.24) is 10.6 Å². The molecule has 6 nitrogen and oxygen atoms in total. The Hall–Kier alpha value is -2.24. The van der Waals surface area contributed by atoms with Gasteiger partial charge in [0.2, 0.25) is 5.91 Å². The minimum atomic E-state index is -0.697. The molecule has 92 valence electrons. The molecule has 0 spiro atoms. The highest BCUT2D eigenvalue weighted by Crippen LogP contribution is 2.20. The zero-order chi connectivity index (χ0) is 13.0. The number of carbonyl (C=O) groups excluding carboxylic acids is 2. The van der Waals surface area contributed by atoms with Crippen molar-refractivity contribution in [3.63, 3.8) is 0 Å². The molecule has 0 bridgehead atoms. The monoisotopic (exact) mass is 238 g/mol. The minimum absolute atomic E-state index is 0.0817. The third-order valence-electron chi connectivity index (χ3n) is 2.15. The fourth-order valence-corrected chi connectivity index (χ4v) is 1.29. The number of aromatic hydroxyl groups is 2. The molecule has 0 radical (unpaired) electrons. The molecule has 0 aromatic heterocycles. The summed E-state index contributed by atoms with van der Waals surface area (Å²) < 4.78 is 0. The average molecular weight is 238 g/mol. The zero-order valence-corrected chi connectivity index (χ0v) is 9.52. The summed E-state index contributed by atoms with van der Waals surface area (Å²) in [6, 6.07) is 2.81. The Morgan fingerprint density at radius 3 is 2.18 bits per heavy atom. The van der Waals surface area contributed by atoms with Crippen LogP contribution in [0.15, 0.2) is 18.2 Å². The van der Waals surface area contributed by atoms with E-state index >= 15 is 0 Å². The molecule has 1 unspecified atom stereocenters. The number of nitrogens with one attached hydrogen (secondary N) is 2. The lowest BCUT2D eigenvalue weighted by atomic mass is 10.1. The molecule has 1 rings (SSSR count). The van der Waals surface area contributed by atoms with Crippen molar-refractivity contribution in [1.29, 1.82) is 0 Å². The van der Waals surface area contributed by atoms with Crippen LogP contribution in [0.1, 0.15) is 17.3 Å². The summed E-state index contributed by atoms with van der Waals surface area (Å²) >= 11 is 0. The second-order valence-electron chi connectivity index (χ2n) is 3.55. The zero-order valence-electron chi connectivity index (χ0n) is 9.52. The van der Waals surface area contributed by atoms with Crippen LogP contribution in [0.25, 0.3) is 0 Å². The number of phenols is 2. The van der Waals surface area contributed by atoms with Gasteiger partial charge in [0, 0.05) is 18.7 Å². The van der Waals surface area contributed by atoms with Gasteiger partial charge in [-0.3, -0.25) is 9.59 Å². The predicted octanol–water partition coefficient (Wildman–Crippen LogP) is -0.0379. The summed E-state index contributed by atoms with van der Waals surface area (Å²) in [7, 11) is 1.46. The second-order valence-corrected chi connectivity index (χ2v) is 3.55. The minimum Gasteiger partial charge on any atom is -0.508 e. The lowest BCUT2D eigenvalue weighted by Crippen LogP contribution is -2.43. The standard InChI is InChI=1S/C11H14N2O4/c1-6(10(16)12-2)13-11(17)7-3-8(14)5-9(15)4-7/h3-6,14-15H,1-2H3,(H,12,16)(H,13,17). The fourth-order valence-electron chi connectivity index (χ4n) is 1.29. The van der Waals surface area contributed by atoms with Crippen LogP contribution in [-0.2, 0) is 4.79 Å². The number of phenolic OH excluding ortho intramolecular Hbond substituents is 2. The van der Waals surface area contributed by atoms with Crippen molar-refractivity contribution >= 4 is 11.8 Å². The van der Waals surface area contributed by atoms with Gasteiger partial charge in [-0.05, 0) is 19.1 Å². The molecule has 0 aliphatic carbocycles.